The summed E-state index contributed by atoms with van der Waals surface area (Å²) in [5.41, 5.74) is 0.527. The van der Waals surface area contributed by atoms with Crippen molar-refractivity contribution in [2.24, 2.45) is 0 Å². The van der Waals surface area contributed by atoms with Crippen LogP contribution in [-0.2, 0) is 16.9 Å². The summed E-state index contributed by atoms with van der Waals surface area (Å²) in [7, 11) is 0. The van der Waals surface area contributed by atoms with Crippen LogP contribution < -0.4 is 15.2 Å². The van der Waals surface area contributed by atoms with Crippen LogP contribution in [-0.4, -0.2) is 16.8 Å². The van der Waals surface area contributed by atoms with E-state index in [4.69, 9.17) is 27.6 Å². The van der Waals surface area contributed by atoms with Crippen LogP contribution in [0.2, 0.25) is 10.0 Å². The van der Waals surface area contributed by atoms with Gasteiger partial charge < -0.3 is 9.32 Å². The molecular weight excluding hydrogens is 549 g/mol. The van der Waals surface area contributed by atoms with Gasteiger partial charge in [-0.05, 0) is 66.6 Å². The van der Waals surface area contributed by atoms with E-state index in [9.17, 15) is 14.4 Å². The summed E-state index contributed by atoms with van der Waals surface area (Å²) in [5, 5.41) is 1.08. The SMILES string of the molecule is Cc1ccnc(N2C(=O)c3oc4ccc(Cl)cc4c(=O)c3C23C(=O)N(Cc2ccc(Cl)cc2)c2ccccc23)c1. The Morgan fingerprint density at radius 3 is 2.42 bits per heavy atom. The standard InChI is InChI=1S/C31H19Cl2N3O4/c1-17-12-13-34-25(14-17)36-29(38)28-26(27(37)21-15-20(33)10-11-24(21)40-28)31(36)22-4-2-3-5-23(22)35(30(31)39)16-18-6-8-19(32)9-7-18/h2-15H,16H2,1H3. The van der Waals surface area contributed by atoms with Gasteiger partial charge in [-0.15, -0.1) is 0 Å². The molecule has 2 amide bonds. The van der Waals surface area contributed by atoms with Crippen LogP contribution in [0.3, 0.4) is 0 Å². The van der Waals surface area contributed by atoms with Gasteiger partial charge in [-0.3, -0.25) is 19.3 Å². The maximum absolute atomic E-state index is 14.9. The van der Waals surface area contributed by atoms with Gasteiger partial charge in [0.2, 0.25) is 5.76 Å². The first-order valence-corrected chi connectivity index (χ1v) is 13.3. The van der Waals surface area contributed by atoms with E-state index in [0.29, 0.717) is 21.3 Å². The van der Waals surface area contributed by atoms with Crippen LogP contribution >= 0.6 is 23.2 Å². The number of aryl methyl sites for hydroxylation is 1. The van der Waals surface area contributed by atoms with Crippen molar-refractivity contribution >= 4 is 57.5 Å². The number of benzene rings is 3. The Balaban J connectivity index is 1.56. The van der Waals surface area contributed by atoms with Gasteiger partial charge in [-0.25, -0.2) is 4.98 Å². The third-order valence-corrected chi connectivity index (χ3v) is 7.96. The molecule has 0 saturated heterocycles. The van der Waals surface area contributed by atoms with Crippen molar-refractivity contribution in [1.29, 1.82) is 0 Å². The van der Waals surface area contributed by atoms with Crippen LogP contribution in [0.4, 0.5) is 11.5 Å². The minimum atomic E-state index is -1.84. The van der Waals surface area contributed by atoms with E-state index < -0.39 is 22.8 Å². The smallest absolute Gasteiger partial charge is 0.297 e. The third-order valence-electron chi connectivity index (χ3n) is 7.47. The molecule has 40 heavy (non-hydrogen) atoms. The highest BCUT2D eigenvalue weighted by molar-refractivity contribution is 6.31. The zero-order valence-electron chi connectivity index (χ0n) is 21.0. The monoisotopic (exact) mass is 567 g/mol. The molecule has 196 valence electrons. The highest BCUT2D eigenvalue weighted by Gasteiger charge is 2.66. The van der Waals surface area contributed by atoms with Crippen molar-refractivity contribution in [2.75, 3.05) is 9.80 Å². The minimum absolute atomic E-state index is 0.0494. The Kier molecular flexibility index (Phi) is 5.39. The molecule has 4 heterocycles. The van der Waals surface area contributed by atoms with Crippen LogP contribution in [0.25, 0.3) is 11.0 Å². The van der Waals surface area contributed by atoms with E-state index in [0.717, 1.165) is 11.1 Å². The van der Waals surface area contributed by atoms with Crippen LogP contribution in [0.5, 0.6) is 0 Å². The van der Waals surface area contributed by atoms with Crippen molar-refractivity contribution in [3.63, 3.8) is 0 Å². The molecule has 0 radical (unpaired) electrons. The molecular formula is C31H19Cl2N3O4. The summed E-state index contributed by atoms with van der Waals surface area (Å²) < 4.78 is 6.09. The summed E-state index contributed by atoms with van der Waals surface area (Å²) >= 11 is 12.3. The first-order chi connectivity index (χ1) is 19.3. The molecule has 1 spiro atoms. The Bertz CT molecular complexity index is 1950. The number of fused-ring (bicyclic) bond motifs is 5. The average molecular weight is 568 g/mol. The quantitative estimate of drug-likeness (QED) is 0.257. The molecule has 7 nitrogen and oxygen atoms in total. The number of amides is 2. The van der Waals surface area contributed by atoms with Crippen molar-refractivity contribution < 1.29 is 14.0 Å². The molecule has 0 fully saturated rings. The number of hydrogen-bond acceptors (Lipinski definition) is 5. The van der Waals surface area contributed by atoms with Crippen LogP contribution in [0.1, 0.15) is 32.8 Å². The molecule has 0 N–H and O–H groups in total. The van der Waals surface area contributed by atoms with Gasteiger partial charge in [-0.1, -0.05) is 53.5 Å². The second-order valence-electron chi connectivity index (χ2n) is 9.85. The van der Waals surface area contributed by atoms with Crippen molar-refractivity contribution in [3.05, 3.63) is 133 Å². The van der Waals surface area contributed by atoms with Gasteiger partial charge in [0, 0.05) is 21.8 Å². The fourth-order valence-electron chi connectivity index (χ4n) is 5.75. The lowest BCUT2D eigenvalue weighted by Crippen LogP contribution is -2.54. The molecule has 2 aliphatic heterocycles. The number of para-hydroxylation sites is 1. The maximum atomic E-state index is 14.9. The predicted molar refractivity (Wildman–Crippen MR) is 153 cm³/mol. The lowest BCUT2D eigenvalue weighted by molar-refractivity contribution is -0.121. The van der Waals surface area contributed by atoms with Crippen molar-refractivity contribution in [3.8, 4) is 0 Å². The number of aromatic nitrogens is 1. The number of carbonyl (C=O) groups is 2. The van der Waals surface area contributed by atoms with E-state index in [-0.39, 0.29) is 34.7 Å². The average Bonchev–Trinajstić information content (AvgIpc) is 3.35. The Labute approximate surface area is 238 Å². The van der Waals surface area contributed by atoms with E-state index in [1.807, 2.05) is 31.2 Å². The molecule has 2 aliphatic rings. The molecule has 2 aromatic heterocycles. The van der Waals surface area contributed by atoms with Gasteiger partial charge in [-0.2, -0.15) is 0 Å². The lowest BCUT2D eigenvalue weighted by Gasteiger charge is -2.33. The molecule has 5 aromatic rings. The van der Waals surface area contributed by atoms with Crippen molar-refractivity contribution in [2.45, 2.75) is 19.0 Å². The summed E-state index contributed by atoms with van der Waals surface area (Å²) in [6.45, 7) is 2.06. The summed E-state index contributed by atoms with van der Waals surface area (Å²) in [4.78, 5) is 50.7. The summed E-state index contributed by atoms with van der Waals surface area (Å²) in [6.07, 6.45) is 1.57. The number of rotatable bonds is 3. The zero-order valence-corrected chi connectivity index (χ0v) is 22.5. The molecule has 9 heteroatoms. The van der Waals surface area contributed by atoms with Crippen LogP contribution in [0.15, 0.2) is 94.3 Å². The van der Waals surface area contributed by atoms with E-state index >= 15 is 0 Å². The molecule has 0 saturated carbocycles. The minimum Gasteiger partial charge on any atom is -0.450 e. The Morgan fingerprint density at radius 2 is 1.65 bits per heavy atom. The molecule has 1 unspecified atom stereocenters. The molecule has 3 aromatic carbocycles. The van der Waals surface area contributed by atoms with Gasteiger partial charge in [0.25, 0.3) is 11.8 Å². The second-order valence-corrected chi connectivity index (χ2v) is 10.7. The zero-order chi connectivity index (χ0) is 27.8. The van der Waals surface area contributed by atoms with E-state index in [1.165, 1.54) is 11.0 Å². The normalized spacial score (nSPS) is 17.7. The number of anilines is 2. The third kappa shape index (κ3) is 3.31. The predicted octanol–water partition coefficient (Wildman–Crippen LogP) is 6.25. The van der Waals surface area contributed by atoms with Crippen molar-refractivity contribution in [1.82, 2.24) is 4.98 Å². The molecule has 0 aliphatic carbocycles. The highest BCUT2D eigenvalue weighted by Crippen LogP contribution is 2.54. The molecule has 1 atom stereocenters. The summed E-state index contributed by atoms with van der Waals surface area (Å²) in [5.74, 6) is -1.06. The van der Waals surface area contributed by atoms with Gasteiger partial charge >= 0.3 is 0 Å². The Hall–Kier alpha value is -4.46. The number of carbonyl (C=O) groups excluding carboxylic acids is 2. The number of pyridine rings is 1. The molecule has 7 rings (SSSR count). The lowest BCUT2D eigenvalue weighted by atomic mass is 9.84. The number of halogens is 2. The first kappa shape index (κ1) is 24.6. The Morgan fingerprint density at radius 1 is 0.900 bits per heavy atom. The molecule has 0 bridgehead atoms. The number of hydrogen-bond donors (Lipinski definition) is 0. The topological polar surface area (TPSA) is 83.7 Å². The van der Waals surface area contributed by atoms with Gasteiger partial charge in [0.05, 0.1) is 23.2 Å². The maximum Gasteiger partial charge on any atom is 0.297 e. The fourth-order valence-corrected chi connectivity index (χ4v) is 6.05. The van der Waals surface area contributed by atoms with Gasteiger partial charge in [0.15, 0.2) is 11.0 Å². The number of nitrogens with zero attached hydrogens (tertiary/aromatic N) is 3. The van der Waals surface area contributed by atoms with Gasteiger partial charge in [0.1, 0.15) is 11.4 Å². The fraction of sp³-hybridized carbons (Fsp3) is 0.0968. The largest absolute Gasteiger partial charge is 0.450 e. The second kappa shape index (κ2) is 8.78. The van der Waals surface area contributed by atoms with Crippen LogP contribution in [0, 0.1) is 6.92 Å². The van der Waals surface area contributed by atoms with E-state index in [2.05, 4.69) is 4.98 Å². The summed E-state index contributed by atoms with van der Waals surface area (Å²) in [6, 6.07) is 22.5. The van der Waals surface area contributed by atoms with E-state index in [1.54, 1.807) is 59.6 Å². The highest BCUT2D eigenvalue weighted by atomic mass is 35.5. The first-order valence-electron chi connectivity index (χ1n) is 12.5.